The van der Waals surface area contributed by atoms with Gasteiger partial charge in [-0.25, -0.2) is 0 Å². The Kier molecular flexibility index (Phi) is 3.97. The lowest BCUT2D eigenvalue weighted by Gasteiger charge is -2.37. The van der Waals surface area contributed by atoms with Gasteiger partial charge in [0.25, 0.3) is 0 Å². The van der Waals surface area contributed by atoms with E-state index in [4.69, 9.17) is 0 Å². The van der Waals surface area contributed by atoms with Gasteiger partial charge in [-0.15, -0.1) is 11.8 Å². The van der Waals surface area contributed by atoms with E-state index in [-0.39, 0.29) is 0 Å². The fourth-order valence-electron chi connectivity index (χ4n) is 1.98. The van der Waals surface area contributed by atoms with Crippen molar-refractivity contribution in [3.8, 4) is 11.8 Å². The van der Waals surface area contributed by atoms with Crippen molar-refractivity contribution >= 4 is 0 Å². The summed E-state index contributed by atoms with van der Waals surface area (Å²) in [6.45, 7) is 3.94. The number of hydrogen-bond acceptors (Lipinski definition) is 2. The Morgan fingerprint density at radius 1 is 1.43 bits per heavy atom. The standard InChI is InChI=1S/C12H20O2/c1-3-4-5-11(13)12(14)8-6-10(2)7-9-12/h10-11,13-14H,5-9H2,1-2H3. The van der Waals surface area contributed by atoms with Gasteiger partial charge < -0.3 is 10.2 Å². The van der Waals surface area contributed by atoms with Gasteiger partial charge in [-0.2, -0.15) is 0 Å². The molecule has 2 N–H and O–H groups in total. The molecule has 0 aromatic rings. The molecule has 0 heterocycles. The fraction of sp³-hybridized carbons (Fsp3) is 0.833. The van der Waals surface area contributed by atoms with Gasteiger partial charge in [0, 0.05) is 6.42 Å². The van der Waals surface area contributed by atoms with Gasteiger partial charge in [-0.1, -0.05) is 6.92 Å². The highest BCUT2D eigenvalue weighted by atomic mass is 16.3. The summed E-state index contributed by atoms with van der Waals surface area (Å²) in [4.78, 5) is 0. The quantitative estimate of drug-likeness (QED) is 0.660. The summed E-state index contributed by atoms with van der Waals surface area (Å²) < 4.78 is 0. The summed E-state index contributed by atoms with van der Waals surface area (Å²) in [5.41, 5.74) is -0.879. The Morgan fingerprint density at radius 2 is 2.00 bits per heavy atom. The molecule has 0 radical (unpaired) electrons. The SMILES string of the molecule is CC#CCC(O)C1(O)CCC(C)CC1. The van der Waals surface area contributed by atoms with Crippen LogP contribution in [0.5, 0.6) is 0 Å². The van der Waals surface area contributed by atoms with E-state index in [0.29, 0.717) is 25.2 Å². The molecule has 1 atom stereocenters. The van der Waals surface area contributed by atoms with E-state index in [9.17, 15) is 10.2 Å². The number of aliphatic hydroxyl groups is 2. The van der Waals surface area contributed by atoms with Crippen LogP contribution < -0.4 is 0 Å². The zero-order valence-corrected chi connectivity index (χ0v) is 9.08. The molecule has 0 aromatic heterocycles. The Morgan fingerprint density at radius 3 is 2.50 bits per heavy atom. The van der Waals surface area contributed by atoms with Crippen LogP contribution in [0.1, 0.15) is 46.0 Å². The first-order valence-electron chi connectivity index (χ1n) is 5.38. The van der Waals surface area contributed by atoms with Crippen molar-refractivity contribution in [1.29, 1.82) is 0 Å². The zero-order chi connectivity index (χ0) is 10.6. The first-order chi connectivity index (χ1) is 6.58. The van der Waals surface area contributed by atoms with Gasteiger partial charge in [0.15, 0.2) is 0 Å². The summed E-state index contributed by atoms with van der Waals surface area (Å²) in [7, 11) is 0. The first kappa shape index (κ1) is 11.6. The Labute approximate surface area is 86.3 Å². The molecule has 0 bridgehead atoms. The van der Waals surface area contributed by atoms with Crippen molar-refractivity contribution < 1.29 is 10.2 Å². The molecular weight excluding hydrogens is 176 g/mol. The van der Waals surface area contributed by atoms with E-state index < -0.39 is 11.7 Å². The minimum Gasteiger partial charge on any atom is -0.389 e. The van der Waals surface area contributed by atoms with E-state index in [1.165, 1.54) is 0 Å². The van der Waals surface area contributed by atoms with Crippen LogP contribution in [0.3, 0.4) is 0 Å². The second-order valence-electron chi connectivity index (χ2n) is 4.43. The van der Waals surface area contributed by atoms with Crippen molar-refractivity contribution in [2.24, 2.45) is 5.92 Å². The van der Waals surface area contributed by atoms with E-state index in [2.05, 4.69) is 18.8 Å². The van der Waals surface area contributed by atoms with Gasteiger partial charge in [0.2, 0.25) is 0 Å². The summed E-state index contributed by atoms with van der Waals surface area (Å²) >= 11 is 0. The van der Waals surface area contributed by atoms with Crippen LogP contribution in [-0.2, 0) is 0 Å². The highest BCUT2D eigenvalue weighted by molar-refractivity contribution is 5.02. The Hall–Kier alpha value is -0.520. The third-order valence-electron chi connectivity index (χ3n) is 3.23. The Bertz CT molecular complexity index is 228. The smallest absolute Gasteiger partial charge is 0.0935 e. The lowest BCUT2D eigenvalue weighted by atomic mass is 9.76. The van der Waals surface area contributed by atoms with Gasteiger partial charge in [-0.05, 0) is 38.5 Å². The number of hydrogen-bond donors (Lipinski definition) is 2. The van der Waals surface area contributed by atoms with Crippen molar-refractivity contribution in [2.45, 2.75) is 57.7 Å². The van der Waals surface area contributed by atoms with Crippen LogP contribution in [0.2, 0.25) is 0 Å². The molecule has 0 spiro atoms. The summed E-state index contributed by atoms with van der Waals surface area (Å²) in [5.74, 6) is 6.24. The monoisotopic (exact) mass is 196 g/mol. The molecule has 0 aliphatic heterocycles. The van der Waals surface area contributed by atoms with E-state index in [1.807, 2.05) is 0 Å². The molecule has 1 saturated carbocycles. The zero-order valence-electron chi connectivity index (χ0n) is 9.08. The van der Waals surface area contributed by atoms with Crippen LogP contribution in [0.4, 0.5) is 0 Å². The molecule has 2 heteroatoms. The van der Waals surface area contributed by atoms with Crippen LogP contribution in [0.15, 0.2) is 0 Å². The molecule has 1 aliphatic rings. The fourth-order valence-corrected chi connectivity index (χ4v) is 1.98. The maximum atomic E-state index is 10.2. The average Bonchev–Trinajstić information content (AvgIpc) is 2.19. The lowest BCUT2D eigenvalue weighted by molar-refractivity contribution is -0.100. The predicted molar refractivity (Wildman–Crippen MR) is 56.7 cm³/mol. The highest BCUT2D eigenvalue weighted by Crippen LogP contribution is 2.34. The average molecular weight is 196 g/mol. The molecule has 1 fully saturated rings. The summed E-state index contributed by atoms with van der Waals surface area (Å²) in [5, 5.41) is 20.0. The van der Waals surface area contributed by atoms with Gasteiger partial charge in [-0.3, -0.25) is 0 Å². The van der Waals surface area contributed by atoms with E-state index >= 15 is 0 Å². The predicted octanol–water partition coefficient (Wildman–Crippen LogP) is 1.70. The van der Waals surface area contributed by atoms with Crippen molar-refractivity contribution in [2.75, 3.05) is 0 Å². The molecule has 1 rings (SSSR count). The van der Waals surface area contributed by atoms with Crippen LogP contribution >= 0.6 is 0 Å². The molecule has 1 unspecified atom stereocenters. The van der Waals surface area contributed by atoms with Crippen LogP contribution in [-0.4, -0.2) is 21.9 Å². The molecule has 0 aromatic carbocycles. The van der Waals surface area contributed by atoms with Gasteiger partial charge >= 0.3 is 0 Å². The van der Waals surface area contributed by atoms with Crippen LogP contribution in [0, 0.1) is 17.8 Å². The highest BCUT2D eigenvalue weighted by Gasteiger charge is 2.37. The van der Waals surface area contributed by atoms with Gasteiger partial charge in [0.1, 0.15) is 0 Å². The third kappa shape index (κ3) is 2.73. The van der Waals surface area contributed by atoms with E-state index in [0.717, 1.165) is 12.8 Å². The summed E-state index contributed by atoms with van der Waals surface area (Å²) in [6, 6.07) is 0. The normalized spacial score (nSPS) is 34.4. The molecule has 0 saturated heterocycles. The van der Waals surface area contributed by atoms with Crippen molar-refractivity contribution in [1.82, 2.24) is 0 Å². The van der Waals surface area contributed by atoms with Crippen molar-refractivity contribution in [3.63, 3.8) is 0 Å². The molecule has 2 nitrogen and oxygen atoms in total. The van der Waals surface area contributed by atoms with Gasteiger partial charge in [0.05, 0.1) is 11.7 Å². The second kappa shape index (κ2) is 4.82. The molecule has 0 amide bonds. The molecule has 1 aliphatic carbocycles. The third-order valence-corrected chi connectivity index (χ3v) is 3.23. The lowest BCUT2D eigenvalue weighted by Crippen LogP contribution is -2.44. The summed E-state index contributed by atoms with van der Waals surface area (Å²) in [6.07, 6.45) is 3.14. The molecule has 14 heavy (non-hydrogen) atoms. The molecule has 80 valence electrons. The minimum atomic E-state index is -0.879. The maximum Gasteiger partial charge on any atom is 0.0935 e. The van der Waals surface area contributed by atoms with Crippen molar-refractivity contribution in [3.05, 3.63) is 0 Å². The van der Waals surface area contributed by atoms with Crippen LogP contribution in [0.25, 0.3) is 0 Å². The minimum absolute atomic E-state index is 0.390. The molecular formula is C12H20O2. The topological polar surface area (TPSA) is 40.5 Å². The first-order valence-corrected chi connectivity index (χ1v) is 5.38. The Balaban J connectivity index is 2.50. The largest absolute Gasteiger partial charge is 0.389 e. The number of rotatable bonds is 2. The number of aliphatic hydroxyl groups excluding tert-OH is 1. The maximum absolute atomic E-state index is 10.2. The second-order valence-corrected chi connectivity index (χ2v) is 4.43. The van der Waals surface area contributed by atoms with E-state index in [1.54, 1.807) is 6.92 Å².